The molecular formula is C10H14N6O2. The topological polar surface area (TPSA) is 114 Å². The van der Waals surface area contributed by atoms with E-state index in [1.807, 2.05) is 25.1 Å². The number of carbonyl (C=O) groups is 2. The largest absolute Gasteiger partial charge is 0.347 e. The van der Waals surface area contributed by atoms with E-state index in [0.29, 0.717) is 13.1 Å². The summed E-state index contributed by atoms with van der Waals surface area (Å²) in [4.78, 5) is 24.7. The third-order valence-electron chi connectivity index (χ3n) is 2.05. The Kier molecular flexibility index (Phi) is 4.83. The Balaban J connectivity index is 2.46. The molecule has 0 saturated heterocycles. The predicted molar refractivity (Wildman–Crippen MR) is 63.5 cm³/mol. The molecule has 0 fully saturated rings. The standard InChI is InChI=1S/C10H14N6O2/c1-16(2)4-3-12-9(17)10(18)14-8-7(5-11)6-13-15-8/h6H,3-4H2,1-2H3,(H,12,17)(H2,13,14,15,18). The second-order valence-electron chi connectivity index (χ2n) is 3.78. The van der Waals surface area contributed by atoms with Crippen molar-refractivity contribution in [1.82, 2.24) is 20.4 Å². The van der Waals surface area contributed by atoms with Gasteiger partial charge in [0.15, 0.2) is 0 Å². The molecule has 8 heteroatoms. The average Bonchev–Trinajstić information content (AvgIpc) is 2.75. The van der Waals surface area contributed by atoms with Crippen molar-refractivity contribution in [1.29, 1.82) is 5.26 Å². The number of nitrogens with one attached hydrogen (secondary N) is 3. The first-order valence-corrected chi connectivity index (χ1v) is 5.22. The summed E-state index contributed by atoms with van der Waals surface area (Å²) in [5, 5.41) is 19.4. The van der Waals surface area contributed by atoms with Crippen LogP contribution in [0, 0.1) is 11.3 Å². The van der Waals surface area contributed by atoms with Crippen LogP contribution in [-0.2, 0) is 9.59 Å². The van der Waals surface area contributed by atoms with E-state index in [1.165, 1.54) is 6.20 Å². The van der Waals surface area contributed by atoms with Gasteiger partial charge in [0.1, 0.15) is 17.5 Å². The van der Waals surface area contributed by atoms with Crippen LogP contribution in [0.3, 0.4) is 0 Å². The Labute approximate surface area is 104 Å². The molecule has 1 aromatic heterocycles. The van der Waals surface area contributed by atoms with Crippen molar-refractivity contribution in [3.05, 3.63) is 11.8 Å². The first kappa shape index (κ1) is 13.7. The van der Waals surface area contributed by atoms with E-state index >= 15 is 0 Å². The number of hydrogen-bond acceptors (Lipinski definition) is 5. The lowest BCUT2D eigenvalue weighted by Gasteiger charge is -2.10. The number of carbonyl (C=O) groups excluding carboxylic acids is 2. The number of rotatable bonds is 4. The van der Waals surface area contributed by atoms with Crippen molar-refractivity contribution in [3.8, 4) is 6.07 Å². The summed E-state index contributed by atoms with van der Waals surface area (Å²) in [6, 6.07) is 1.83. The van der Waals surface area contributed by atoms with Crippen LogP contribution in [0.15, 0.2) is 6.20 Å². The van der Waals surface area contributed by atoms with Crippen LogP contribution in [0.2, 0.25) is 0 Å². The molecule has 3 N–H and O–H groups in total. The van der Waals surface area contributed by atoms with Gasteiger partial charge >= 0.3 is 11.8 Å². The molecule has 0 aromatic carbocycles. The smallest absolute Gasteiger partial charge is 0.314 e. The number of aromatic nitrogens is 2. The zero-order valence-corrected chi connectivity index (χ0v) is 10.1. The van der Waals surface area contributed by atoms with Crippen molar-refractivity contribution in [2.24, 2.45) is 0 Å². The second kappa shape index (κ2) is 6.36. The van der Waals surface area contributed by atoms with Crippen LogP contribution in [0.5, 0.6) is 0 Å². The number of hydrogen-bond donors (Lipinski definition) is 3. The van der Waals surface area contributed by atoms with Gasteiger partial charge in [-0.25, -0.2) is 0 Å². The van der Waals surface area contributed by atoms with E-state index in [0.717, 1.165) is 0 Å². The highest BCUT2D eigenvalue weighted by Gasteiger charge is 2.15. The van der Waals surface area contributed by atoms with Gasteiger partial charge in [0.05, 0.1) is 6.20 Å². The highest BCUT2D eigenvalue weighted by Crippen LogP contribution is 2.08. The minimum atomic E-state index is -0.838. The van der Waals surface area contributed by atoms with Gasteiger partial charge in [-0.1, -0.05) is 0 Å². The van der Waals surface area contributed by atoms with Crippen LogP contribution < -0.4 is 10.6 Å². The number of aromatic amines is 1. The summed E-state index contributed by atoms with van der Waals surface area (Å²) in [5.74, 6) is -1.48. The molecule has 18 heavy (non-hydrogen) atoms. The highest BCUT2D eigenvalue weighted by atomic mass is 16.2. The van der Waals surface area contributed by atoms with E-state index in [9.17, 15) is 9.59 Å². The number of anilines is 1. The molecule has 2 amide bonds. The summed E-state index contributed by atoms with van der Waals surface area (Å²) in [5.41, 5.74) is 0.171. The summed E-state index contributed by atoms with van der Waals surface area (Å²) in [6.07, 6.45) is 1.26. The number of nitriles is 1. The summed E-state index contributed by atoms with van der Waals surface area (Å²) in [7, 11) is 3.71. The maximum Gasteiger partial charge on any atom is 0.314 e. The van der Waals surface area contributed by atoms with E-state index in [4.69, 9.17) is 5.26 Å². The molecule has 1 aromatic rings. The van der Waals surface area contributed by atoms with Gasteiger partial charge in [-0.05, 0) is 14.1 Å². The molecule has 96 valence electrons. The second-order valence-corrected chi connectivity index (χ2v) is 3.78. The van der Waals surface area contributed by atoms with Crippen molar-refractivity contribution < 1.29 is 9.59 Å². The predicted octanol–water partition coefficient (Wildman–Crippen LogP) is -1.10. The van der Waals surface area contributed by atoms with Crippen LogP contribution >= 0.6 is 0 Å². The van der Waals surface area contributed by atoms with E-state index in [1.54, 1.807) is 0 Å². The third-order valence-corrected chi connectivity index (χ3v) is 2.05. The molecule has 8 nitrogen and oxygen atoms in total. The number of amides is 2. The normalized spacial score (nSPS) is 9.89. The zero-order valence-electron chi connectivity index (χ0n) is 10.1. The molecular weight excluding hydrogens is 236 g/mol. The number of H-pyrrole nitrogens is 1. The minimum absolute atomic E-state index is 0.116. The molecule has 0 saturated carbocycles. The van der Waals surface area contributed by atoms with Gasteiger partial charge in [0, 0.05) is 13.1 Å². The van der Waals surface area contributed by atoms with Crippen molar-refractivity contribution >= 4 is 17.6 Å². The van der Waals surface area contributed by atoms with Crippen LogP contribution in [-0.4, -0.2) is 54.1 Å². The molecule has 0 bridgehead atoms. The Morgan fingerprint density at radius 2 is 2.22 bits per heavy atom. The quantitative estimate of drug-likeness (QED) is 0.587. The molecule has 0 radical (unpaired) electrons. The Bertz CT molecular complexity index is 473. The first-order chi connectivity index (χ1) is 8.54. The van der Waals surface area contributed by atoms with Gasteiger partial charge < -0.3 is 15.5 Å². The zero-order chi connectivity index (χ0) is 13.5. The molecule has 1 heterocycles. The van der Waals surface area contributed by atoms with Gasteiger partial charge in [0.2, 0.25) is 0 Å². The molecule has 1 rings (SSSR count). The lowest BCUT2D eigenvalue weighted by molar-refractivity contribution is -0.136. The molecule has 0 aliphatic rings. The Morgan fingerprint density at radius 1 is 1.50 bits per heavy atom. The molecule has 0 aliphatic heterocycles. The summed E-state index contributed by atoms with van der Waals surface area (Å²) in [6.45, 7) is 1.000. The van der Waals surface area contributed by atoms with Gasteiger partial charge in [0.25, 0.3) is 0 Å². The fraction of sp³-hybridized carbons (Fsp3) is 0.400. The Hall–Kier alpha value is -2.40. The lowest BCUT2D eigenvalue weighted by Crippen LogP contribution is -2.38. The van der Waals surface area contributed by atoms with Crippen LogP contribution in [0.25, 0.3) is 0 Å². The molecule has 0 atom stereocenters. The van der Waals surface area contributed by atoms with Crippen molar-refractivity contribution in [2.75, 3.05) is 32.5 Å². The maximum atomic E-state index is 11.5. The van der Waals surface area contributed by atoms with Crippen molar-refractivity contribution in [2.45, 2.75) is 0 Å². The highest BCUT2D eigenvalue weighted by molar-refractivity contribution is 6.39. The molecule has 0 unspecified atom stereocenters. The Morgan fingerprint density at radius 3 is 2.83 bits per heavy atom. The maximum absolute atomic E-state index is 11.5. The first-order valence-electron chi connectivity index (χ1n) is 5.22. The monoisotopic (exact) mass is 250 g/mol. The number of nitrogens with zero attached hydrogens (tertiary/aromatic N) is 3. The fourth-order valence-corrected chi connectivity index (χ4v) is 1.11. The fourth-order valence-electron chi connectivity index (χ4n) is 1.11. The van der Waals surface area contributed by atoms with Gasteiger partial charge in [-0.3, -0.25) is 14.7 Å². The number of likely N-dealkylation sites (N-methyl/N-ethyl adjacent to an activating group) is 1. The average molecular weight is 250 g/mol. The lowest BCUT2D eigenvalue weighted by atomic mass is 10.3. The third kappa shape index (κ3) is 3.88. The van der Waals surface area contributed by atoms with Gasteiger partial charge in [-0.2, -0.15) is 10.4 Å². The van der Waals surface area contributed by atoms with Crippen LogP contribution in [0.1, 0.15) is 5.56 Å². The molecule has 0 spiro atoms. The van der Waals surface area contributed by atoms with E-state index in [2.05, 4.69) is 20.8 Å². The van der Waals surface area contributed by atoms with Gasteiger partial charge in [-0.15, -0.1) is 0 Å². The van der Waals surface area contributed by atoms with E-state index in [-0.39, 0.29) is 11.4 Å². The van der Waals surface area contributed by atoms with Crippen molar-refractivity contribution in [3.63, 3.8) is 0 Å². The van der Waals surface area contributed by atoms with Crippen LogP contribution in [0.4, 0.5) is 5.82 Å². The molecule has 0 aliphatic carbocycles. The summed E-state index contributed by atoms with van der Waals surface area (Å²) >= 11 is 0. The SMILES string of the molecule is CN(C)CCNC(=O)C(=O)Nc1[nH]ncc1C#N. The summed E-state index contributed by atoms with van der Waals surface area (Å²) < 4.78 is 0. The minimum Gasteiger partial charge on any atom is -0.347 e. The van der Waals surface area contributed by atoms with E-state index < -0.39 is 11.8 Å².